The first-order chi connectivity index (χ1) is 4.61. The van der Waals surface area contributed by atoms with Gasteiger partial charge in [-0.1, -0.05) is 0 Å². The molecule has 0 amide bonds. The number of hydrogen-bond acceptors (Lipinski definition) is 2. The summed E-state index contributed by atoms with van der Waals surface area (Å²) in [7, 11) is 0. The Morgan fingerprint density at radius 3 is 2.36 bits per heavy atom. The molecular formula is C7H11BrClNS. The third-order valence-corrected chi connectivity index (χ3v) is 3.66. The van der Waals surface area contributed by atoms with Gasteiger partial charge in [-0.05, 0) is 41.4 Å². The van der Waals surface area contributed by atoms with Gasteiger partial charge in [-0.2, -0.15) is 0 Å². The summed E-state index contributed by atoms with van der Waals surface area (Å²) in [5.41, 5.74) is 6.96. The zero-order chi connectivity index (χ0) is 7.72. The van der Waals surface area contributed by atoms with Crippen LogP contribution in [0.1, 0.15) is 23.4 Å². The second kappa shape index (κ2) is 4.45. The van der Waals surface area contributed by atoms with Gasteiger partial charge in [0.1, 0.15) is 0 Å². The monoisotopic (exact) mass is 255 g/mol. The summed E-state index contributed by atoms with van der Waals surface area (Å²) >= 11 is 5.16. The fourth-order valence-corrected chi connectivity index (χ4v) is 2.23. The van der Waals surface area contributed by atoms with Crippen LogP contribution in [0.5, 0.6) is 0 Å². The Kier molecular flexibility index (Phi) is 4.63. The van der Waals surface area contributed by atoms with E-state index in [2.05, 4.69) is 28.9 Å². The van der Waals surface area contributed by atoms with E-state index in [1.54, 1.807) is 11.3 Å². The smallest absolute Gasteiger partial charge is 0.0731 e. The maximum absolute atomic E-state index is 5.69. The summed E-state index contributed by atoms with van der Waals surface area (Å²) in [6, 6.07) is 2.29. The minimum absolute atomic E-state index is 0. The van der Waals surface area contributed by atoms with Crippen LogP contribution in [0.3, 0.4) is 0 Å². The molecule has 1 rings (SSSR count). The standard InChI is InChI=1S/C7H10BrNS.ClH/c1-4-3-6(5(2)9)10-7(4)8;/h3,5H,9H2,1-2H3;1H/t5-;/m0./s1. The lowest BCUT2D eigenvalue weighted by molar-refractivity contribution is 0.838. The minimum Gasteiger partial charge on any atom is -0.324 e. The van der Waals surface area contributed by atoms with Crippen molar-refractivity contribution in [3.05, 3.63) is 20.3 Å². The van der Waals surface area contributed by atoms with Crippen LogP contribution >= 0.6 is 39.7 Å². The van der Waals surface area contributed by atoms with E-state index in [-0.39, 0.29) is 18.4 Å². The summed E-state index contributed by atoms with van der Waals surface area (Å²) in [5.74, 6) is 0. The lowest BCUT2D eigenvalue weighted by Gasteiger charge is -1.96. The Bertz CT molecular complexity index is 215. The Morgan fingerprint density at radius 2 is 2.18 bits per heavy atom. The molecule has 0 aliphatic heterocycles. The van der Waals surface area contributed by atoms with Crippen molar-refractivity contribution >= 4 is 39.7 Å². The molecule has 1 aromatic heterocycles. The van der Waals surface area contributed by atoms with Crippen molar-refractivity contribution in [2.75, 3.05) is 0 Å². The number of hydrogen-bond donors (Lipinski definition) is 1. The summed E-state index contributed by atoms with van der Waals surface area (Å²) in [6.07, 6.45) is 0. The Balaban J connectivity index is 0.000001000. The topological polar surface area (TPSA) is 26.0 Å². The van der Waals surface area contributed by atoms with Crippen molar-refractivity contribution in [2.45, 2.75) is 19.9 Å². The van der Waals surface area contributed by atoms with Crippen LogP contribution in [0, 0.1) is 6.92 Å². The third-order valence-electron chi connectivity index (χ3n) is 1.33. The van der Waals surface area contributed by atoms with Crippen molar-refractivity contribution in [1.82, 2.24) is 0 Å². The highest BCUT2D eigenvalue weighted by Crippen LogP contribution is 2.30. The number of nitrogens with two attached hydrogens (primary N) is 1. The maximum atomic E-state index is 5.69. The molecule has 0 bridgehead atoms. The van der Waals surface area contributed by atoms with E-state index < -0.39 is 0 Å². The van der Waals surface area contributed by atoms with Gasteiger partial charge in [0.2, 0.25) is 0 Å². The fraction of sp³-hybridized carbons (Fsp3) is 0.429. The number of thiophene rings is 1. The maximum Gasteiger partial charge on any atom is 0.0731 e. The predicted molar refractivity (Wildman–Crippen MR) is 56.6 cm³/mol. The quantitative estimate of drug-likeness (QED) is 0.820. The van der Waals surface area contributed by atoms with Crippen LogP contribution in [0.25, 0.3) is 0 Å². The molecule has 0 radical (unpaired) electrons. The predicted octanol–water partition coefficient (Wildman–Crippen LogP) is 3.26. The van der Waals surface area contributed by atoms with Gasteiger partial charge in [0.05, 0.1) is 3.79 Å². The van der Waals surface area contributed by atoms with Crippen molar-refractivity contribution < 1.29 is 0 Å². The fourth-order valence-electron chi connectivity index (χ4n) is 0.708. The molecule has 0 saturated carbocycles. The SMILES string of the molecule is Cc1cc([C@H](C)N)sc1Br.Cl. The Morgan fingerprint density at radius 1 is 1.64 bits per heavy atom. The first kappa shape index (κ1) is 11.4. The Hall–Kier alpha value is 0.430. The minimum atomic E-state index is 0. The molecule has 1 heterocycles. The molecule has 1 nitrogen and oxygen atoms in total. The van der Waals surface area contributed by atoms with E-state index in [1.165, 1.54) is 14.2 Å². The van der Waals surface area contributed by atoms with Gasteiger partial charge in [0, 0.05) is 10.9 Å². The van der Waals surface area contributed by atoms with Gasteiger partial charge in [0.25, 0.3) is 0 Å². The van der Waals surface area contributed by atoms with Crippen LogP contribution in [0.4, 0.5) is 0 Å². The molecule has 4 heteroatoms. The summed E-state index contributed by atoms with van der Waals surface area (Å²) in [6.45, 7) is 4.07. The molecule has 0 fully saturated rings. The van der Waals surface area contributed by atoms with Crippen LogP contribution in [-0.2, 0) is 0 Å². The highest BCUT2D eigenvalue weighted by Gasteiger charge is 2.05. The van der Waals surface area contributed by atoms with Gasteiger partial charge in [0.15, 0.2) is 0 Å². The molecule has 0 aliphatic carbocycles. The van der Waals surface area contributed by atoms with E-state index in [0.29, 0.717) is 0 Å². The lowest BCUT2D eigenvalue weighted by atomic mass is 10.2. The number of aryl methyl sites for hydroxylation is 1. The number of halogens is 2. The van der Waals surface area contributed by atoms with E-state index in [0.717, 1.165) is 0 Å². The second-order valence-corrected chi connectivity index (χ2v) is 4.80. The zero-order valence-electron chi connectivity index (χ0n) is 6.43. The molecule has 11 heavy (non-hydrogen) atoms. The summed E-state index contributed by atoms with van der Waals surface area (Å²) in [4.78, 5) is 1.24. The molecule has 0 unspecified atom stereocenters. The molecule has 0 saturated heterocycles. The van der Waals surface area contributed by atoms with Crippen LogP contribution in [0.15, 0.2) is 9.85 Å². The van der Waals surface area contributed by atoms with Crippen molar-refractivity contribution in [1.29, 1.82) is 0 Å². The molecule has 2 N–H and O–H groups in total. The highest BCUT2D eigenvalue weighted by molar-refractivity contribution is 9.11. The molecule has 1 aromatic rings. The van der Waals surface area contributed by atoms with Gasteiger partial charge in [-0.3, -0.25) is 0 Å². The van der Waals surface area contributed by atoms with Gasteiger partial charge >= 0.3 is 0 Å². The zero-order valence-corrected chi connectivity index (χ0v) is 9.65. The van der Waals surface area contributed by atoms with Crippen molar-refractivity contribution in [2.24, 2.45) is 5.73 Å². The average molecular weight is 257 g/mol. The Labute approximate surface area is 85.5 Å². The number of rotatable bonds is 1. The van der Waals surface area contributed by atoms with E-state index in [9.17, 15) is 0 Å². The van der Waals surface area contributed by atoms with E-state index >= 15 is 0 Å². The lowest BCUT2D eigenvalue weighted by Crippen LogP contribution is -2.01. The molecule has 0 aromatic carbocycles. The molecule has 0 spiro atoms. The molecule has 0 aliphatic rings. The first-order valence-corrected chi connectivity index (χ1v) is 4.73. The normalized spacial score (nSPS) is 12.4. The third kappa shape index (κ3) is 2.75. The van der Waals surface area contributed by atoms with Crippen LogP contribution < -0.4 is 5.73 Å². The van der Waals surface area contributed by atoms with E-state index in [4.69, 9.17) is 5.73 Å². The largest absolute Gasteiger partial charge is 0.324 e. The summed E-state index contributed by atoms with van der Waals surface area (Å²) < 4.78 is 1.19. The van der Waals surface area contributed by atoms with Crippen LogP contribution in [0.2, 0.25) is 0 Å². The van der Waals surface area contributed by atoms with Gasteiger partial charge < -0.3 is 5.73 Å². The summed E-state index contributed by atoms with van der Waals surface area (Å²) in [5, 5.41) is 0. The molecule has 64 valence electrons. The van der Waals surface area contributed by atoms with Crippen molar-refractivity contribution in [3.8, 4) is 0 Å². The molecule has 1 atom stereocenters. The van der Waals surface area contributed by atoms with Crippen LogP contribution in [-0.4, -0.2) is 0 Å². The van der Waals surface area contributed by atoms with E-state index in [1.807, 2.05) is 6.92 Å². The average Bonchev–Trinajstić information content (AvgIpc) is 2.13. The first-order valence-electron chi connectivity index (χ1n) is 3.12. The second-order valence-electron chi connectivity index (χ2n) is 2.39. The van der Waals surface area contributed by atoms with Gasteiger partial charge in [-0.25, -0.2) is 0 Å². The molecular weight excluding hydrogens is 246 g/mol. The van der Waals surface area contributed by atoms with Crippen molar-refractivity contribution in [3.63, 3.8) is 0 Å². The van der Waals surface area contributed by atoms with Gasteiger partial charge in [-0.15, -0.1) is 23.7 Å². The highest BCUT2D eigenvalue weighted by atomic mass is 79.9.